The minimum atomic E-state index is 0.0481. The fraction of sp³-hybridized carbons (Fsp3) is 0.562. The number of aryl methyl sites for hydroxylation is 1. The Balaban J connectivity index is 1.58. The minimum absolute atomic E-state index is 0.0481. The smallest absolute Gasteiger partial charge is 0.239 e. The maximum atomic E-state index is 11.9. The van der Waals surface area contributed by atoms with Crippen molar-refractivity contribution in [2.75, 3.05) is 11.9 Å². The van der Waals surface area contributed by atoms with Gasteiger partial charge in [-0.1, -0.05) is 6.92 Å². The van der Waals surface area contributed by atoms with Gasteiger partial charge in [-0.05, 0) is 43.6 Å². The molecule has 0 aliphatic heterocycles. The Morgan fingerprint density at radius 2 is 2.23 bits per heavy atom. The molecule has 116 valence electrons. The lowest BCUT2D eigenvalue weighted by atomic mass is 9.89. The highest BCUT2D eigenvalue weighted by atomic mass is 32.1. The zero-order chi connectivity index (χ0) is 15.1. The number of carbonyl (C=O) groups excluding carboxylic acids is 1. The standard InChI is InChI=1S/C16H20N4OS/c1-9-2-5-11-12(6-9)22-16-14(11)15(18-8-19-16)17-7-13(21)20-10-3-4-10/h8-10H,2-7H2,1H3,(H,20,21)(H,17,18,19)/t9-/m1/s1. The number of nitrogens with zero attached hydrogens (tertiary/aromatic N) is 2. The molecular formula is C16H20N4OS. The van der Waals surface area contributed by atoms with Gasteiger partial charge in [0.2, 0.25) is 5.91 Å². The molecule has 0 spiro atoms. The molecule has 1 atom stereocenters. The van der Waals surface area contributed by atoms with Crippen LogP contribution in [0.15, 0.2) is 6.33 Å². The van der Waals surface area contributed by atoms with Gasteiger partial charge in [0.1, 0.15) is 17.0 Å². The second-order valence-corrected chi connectivity index (χ2v) is 7.53. The molecule has 2 aliphatic carbocycles. The number of amides is 1. The highest BCUT2D eigenvalue weighted by Gasteiger charge is 2.24. The summed E-state index contributed by atoms with van der Waals surface area (Å²) in [6.07, 6.45) is 7.26. The maximum Gasteiger partial charge on any atom is 0.239 e. The number of nitrogens with one attached hydrogen (secondary N) is 2. The van der Waals surface area contributed by atoms with E-state index >= 15 is 0 Å². The molecule has 0 unspecified atom stereocenters. The number of carbonyl (C=O) groups is 1. The molecule has 1 fully saturated rings. The average molecular weight is 316 g/mol. The zero-order valence-corrected chi connectivity index (χ0v) is 13.5. The van der Waals surface area contributed by atoms with E-state index in [0.29, 0.717) is 6.04 Å². The van der Waals surface area contributed by atoms with Crippen molar-refractivity contribution in [1.82, 2.24) is 15.3 Å². The molecular weight excluding hydrogens is 296 g/mol. The van der Waals surface area contributed by atoms with Crippen molar-refractivity contribution in [1.29, 1.82) is 0 Å². The Hall–Kier alpha value is -1.69. The largest absolute Gasteiger partial charge is 0.360 e. The molecule has 1 saturated carbocycles. The van der Waals surface area contributed by atoms with Gasteiger partial charge in [-0.3, -0.25) is 4.79 Å². The van der Waals surface area contributed by atoms with Gasteiger partial charge in [-0.15, -0.1) is 11.3 Å². The van der Waals surface area contributed by atoms with E-state index in [-0.39, 0.29) is 12.5 Å². The molecule has 5 nitrogen and oxygen atoms in total. The molecule has 1 amide bonds. The first kappa shape index (κ1) is 13.9. The lowest BCUT2D eigenvalue weighted by Crippen LogP contribution is -2.31. The van der Waals surface area contributed by atoms with Crippen LogP contribution in [0.3, 0.4) is 0 Å². The monoisotopic (exact) mass is 316 g/mol. The van der Waals surface area contributed by atoms with E-state index in [0.717, 1.165) is 47.6 Å². The molecule has 4 rings (SSSR count). The van der Waals surface area contributed by atoms with Crippen LogP contribution in [0.1, 0.15) is 36.6 Å². The van der Waals surface area contributed by atoms with Gasteiger partial charge in [0.05, 0.1) is 11.9 Å². The van der Waals surface area contributed by atoms with Crippen molar-refractivity contribution < 1.29 is 4.79 Å². The summed E-state index contributed by atoms with van der Waals surface area (Å²) >= 11 is 1.78. The SMILES string of the molecule is C[C@@H]1CCc2c(sc3ncnc(NCC(=O)NC4CC4)c23)C1. The van der Waals surface area contributed by atoms with Crippen molar-refractivity contribution in [3.63, 3.8) is 0 Å². The lowest BCUT2D eigenvalue weighted by molar-refractivity contribution is -0.119. The summed E-state index contributed by atoms with van der Waals surface area (Å²) in [5.41, 5.74) is 1.39. The zero-order valence-electron chi connectivity index (χ0n) is 12.7. The van der Waals surface area contributed by atoms with Crippen molar-refractivity contribution in [2.45, 2.75) is 45.1 Å². The fourth-order valence-corrected chi connectivity index (χ4v) is 4.43. The number of aromatic nitrogens is 2. The normalized spacial score (nSPS) is 20.7. The van der Waals surface area contributed by atoms with Crippen LogP contribution in [0, 0.1) is 5.92 Å². The minimum Gasteiger partial charge on any atom is -0.360 e. The molecule has 0 aromatic carbocycles. The molecule has 2 heterocycles. The second kappa shape index (κ2) is 5.50. The van der Waals surface area contributed by atoms with Crippen LogP contribution < -0.4 is 10.6 Å². The summed E-state index contributed by atoms with van der Waals surface area (Å²) in [5, 5.41) is 7.34. The Morgan fingerprint density at radius 3 is 3.05 bits per heavy atom. The summed E-state index contributed by atoms with van der Waals surface area (Å²) in [4.78, 5) is 23.1. The lowest BCUT2D eigenvalue weighted by Gasteiger charge is -2.18. The fourth-order valence-electron chi connectivity index (χ4n) is 3.08. The first-order valence-corrected chi connectivity index (χ1v) is 8.81. The van der Waals surface area contributed by atoms with Gasteiger partial charge >= 0.3 is 0 Å². The van der Waals surface area contributed by atoms with Crippen molar-refractivity contribution in [3.8, 4) is 0 Å². The third-order valence-electron chi connectivity index (χ3n) is 4.45. The Bertz CT molecular complexity index is 722. The second-order valence-electron chi connectivity index (χ2n) is 6.45. The summed E-state index contributed by atoms with van der Waals surface area (Å²) < 4.78 is 0. The van der Waals surface area contributed by atoms with Crippen molar-refractivity contribution in [3.05, 3.63) is 16.8 Å². The number of hydrogen-bond acceptors (Lipinski definition) is 5. The molecule has 22 heavy (non-hydrogen) atoms. The molecule has 0 bridgehead atoms. The molecule has 6 heteroatoms. The number of fused-ring (bicyclic) bond motifs is 3. The highest BCUT2D eigenvalue weighted by Crippen LogP contribution is 2.39. The topological polar surface area (TPSA) is 66.9 Å². The number of hydrogen-bond donors (Lipinski definition) is 2. The Labute approximate surface area is 133 Å². The summed E-state index contributed by atoms with van der Waals surface area (Å²) in [7, 11) is 0. The van der Waals surface area contributed by atoms with Gasteiger partial charge in [0.25, 0.3) is 0 Å². The van der Waals surface area contributed by atoms with Crippen LogP contribution in [-0.2, 0) is 17.6 Å². The van der Waals surface area contributed by atoms with Gasteiger partial charge in [0, 0.05) is 10.9 Å². The van der Waals surface area contributed by atoms with E-state index < -0.39 is 0 Å². The van der Waals surface area contributed by atoms with E-state index in [4.69, 9.17) is 0 Å². The third-order valence-corrected chi connectivity index (χ3v) is 5.61. The number of thiophene rings is 1. The first-order valence-electron chi connectivity index (χ1n) is 7.99. The van der Waals surface area contributed by atoms with Gasteiger partial charge in [-0.25, -0.2) is 9.97 Å². The van der Waals surface area contributed by atoms with E-state index in [1.165, 1.54) is 16.9 Å². The molecule has 2 aliphatic rings. The van der Waals surface area contributed by atoms with Crippen molar-refractivity contribution >= 4 is 33.3 Å². The molecule has 0 radical (unpaired) electrons. The molecule has 2 aromatic heterocycles. The van der Waals surface area contributed by atoms with E-state index in [1.54, 1.807) is 17.7 Å². The van der Waals surface area contributed by atoms with Gasteiger partial charge < -0.3 is 10.6 Å². The maximum absolute atomic E-state index is 11.9. The number of rotatable bonds is 4. The first-order chi connectivity index (χ1) is 10.7. The van der Waals surface area contributed by atoms with Gasteiger partial charge in [-0.2, -0.15) is 0 Å². The van der Waals surface area contributed by atoms with Crippen LogP contribution in [0.2, 0.25) is 0 Å². The Kier molecular flexibility index (Phi) is 3.48. The van der Waals surface area contributed by atoms with Crippen LogP contribution in [-0.4, -0.2) is 28.5 Å². The molecule has 2 N–H and O–H groups in total. The van der Waals surface area contributed by atoms with E-state index in [2.05, 4.69) is 27.5 Å². The van der Waals surface area contributed by atoms with Crippen LogP contribution >= 0.6 is 11.3 Å². The molecule has 0 saturated heterocycles. The highest BCUT2D eigenvalue weighted by molar-refractivity contribution is 7.19. The van der Waals surface area contributed by atoms with E-state index in [1.807, 2.05) is 0 Å². The van der Waals surface area contributed by atoms with Crippen LogP contribution in [0.5, 0.6) is 0 Å². The van der Waals surface area contributed by atoms with E-state index in [9.17, 15) is 4.79 Å². The quantitative estimate of drug-likeness (QED) is 0.909. The predicted molar refractivity (Wildman–Crippen MR) is 88.3 cm³/mol. The Morgan fingerprint density at radius 1 is 1.36 bits per heavy atom. The van der Waals surface area contributed by atoms with Gasteiger partial charge in [0.15, 0.2) is 0 Å². The number of anilines is 1. The third kappa shape index (κ3) is 2.67. The molecule has 2 aromatic rings. The van der Waals surface area contributed by atoms with Crippen LogP contribution in [0.4, 0.5) is 5.82 Å². The summed E-state index contributed by atoms with van der Waals surface area (Å²) in [6.45, 7) is 2.59. The summed E-state index contributed by atoms with van der Waals surface area (Å²) in [5.74, 6) is 1.60. The summed E-state index contributed by atoms with van der Waals surface area (Å²) in [6, 6.07) is 0.398. The predicted octanol–water partition coefficient (Wildman–Crippen LogP) is 2.51. The van der Waals surface area contributed by atoms with Crippen molar-refractivity contribution in [2.24, 2.45) is 5.92 Å². The van der Waals surface area contributed by atoms with Crippen LogP contribution in [0.25, 0.3) is 10.2 Å². The average Bonchev–Trinajstić information content (AvgIpc) is 3.23.